The topological polar surface area (TPSA) is 70.0 Å². The fourth-order valence-corrected chi connectivity index (χ4v) is 3.56. The molecule has 162 valence electrons. The number of halogens is 1. The lowest BCUT2D eigenvalue weighted by molar-refractivity contribution is 0.101. The van der Waals surface area contributed by atoms with E-state index in [-0.39, 0.29) is 17.3 Å². The van der Waals surface area contributed by atoms with Crippen molar-refractivity contribution in [3.05, 3.63) is 45.5 Å². The Morgan fingerprint density at radius 2 is 1.93 bits per heavy atom. The molecule has 0 fully saturated rings. The molecule has 30 heavy (non-hydrogen) atoms. The molecular formula is C22H27FN2O5. The Morgan fingerprint density at radius 3 is 2.53 bits per heavy atom. The summed E-state index contributed by atoms with van der Waals surface area (Å²) in [7, 11) is 3.14. The number of carbonyl (C=O) groups is 1. The maximum absolute atomic E-state index is 15.2. The van der Waals surface area contributed by atoms with E-state index in [1.54, 1.807) is 17.9 Å². The maximum Gasteiger partial charge on any atom is 0.228 e. The predicted octanol–water partition coefficient (Wildman–Crippen LogP) is 3.14. The largest absolute Gasteiger partial charge is 0.493 e. The number of benzene rings is 1. The Morgan fingerprint density at radius 1 is 1.20 bits per heavy atom. The van der Waals surface area contributed by atoms with E-state index in [1.165, 1.54) is 20.2 Å². The molecule has 7 nitrogen and oxygen atoms in total. The summed E-state index contributed by atoms with van der Waals surface area (Å²) in [4.78, 5) is 24.4. The number of pyridine rings is 1. The molecule has 0 saturated heterocycles. The number of hydrogen-bond donors (Lipinski definition) is 0. The number of Topliss-reactive ketones (excluding diaryl/α,β-unsaturated/α-hetero) is 1. The first-order chi connectivity index (χ1) is 14.3. The molecule has 1 aromatic heterocycles. The van der Waals surface area contributed by atoms with Crippen molar-refractivity contribution in [2.45, 2.75) is 39.8 Å². The minimum absolute atomic E-state index is 0.00761. The van der Waals surface area contributed by atoms with Gasteiger partial charge in [-0.25, -0.2) is 4.39 Å². The summed E-state index contributed by atoms with van der Waals surface area (Å²) in [6.07, 6.45) is 2.14. The highest BCUT2D eigenvalue weighted by Gasteiger charge is 2.30. The first-order valence-corrected chi connectivity index (χ1v) is 9.86. The van der Waals surface area contributed by atoms with Gasteiger partial charge in [-0.1, -0.05) is 0 Å². The molecule has 2 heterocycles. The van der Waals surface area contributed by atoms with Gasteiger partial charge in [0.25, 0.3) is 0 Å². The molecule has 0 N–H and O–H groups in total. The number of methoxy groups -OCH3 is 2. The molecule has 0 aliphatic carbocycles. The molecule has 2 aromatic rings. The van der Waals surface area contributed by atoms with Crippen LogP contribution < -0.4 is 19.9 Å². The van der Waals surface area contributed by atoms with E-state index in [0.29, 0.717) is 36.8 Å². The fraction of sp³-hybridized carbons (Fsp3) is 0.455. The minimum atomic E-state index is -0.954. The molecule has 0 radical (unpaired) electrons. The summed E-state index contributed by atoms with van der Waals surface area (Å²) in [6, 6.07) is 3.50. The van der Waals surface area contributed by atoms with E-state index in [4.69, 9.17) is 14.2 Å². The van der Waals surface area contributed by atoms with Gasteiger partial charge in [-0.2, -0.15) is 0 Å². The Labute approximate surface area is 174 Å². The van der Waals surface area contributed by atoms with Gasteiger partial charge in [0.15, 0.2) is 23.1 Å². The van der Waals surface area contributed by atoms with Crippen LogP contribution in [0.1, 0.15) is 43.1 Å². The second-order valence-corrected chi connectivity index (χ2v) is 7.48. The number of nitrogens with zero attached hydrogens (tertiary/aromatic N) is 2. The maximum atomic E-state index is 15.2. The lowest BCUT2D eigenvalue weighted by atomic mass is 9.98. The average molecular weight is 418 g/mol. The highest BCUT2D eigenvalue weighted by molar-refractivity contribution is 5.94. The molecule has 1 aliphatic heterocycles. The number of rotatable bonds is 8. The van der Waals surface area contributed by atoms with Crippen molar-refractivity contribution in [1.82, 2.24) is 4.68 Å². The van der Waals surface area contributed by atoms with E-state index in [0.717, 1.165) is 12.0 Å². The van der Waals surface area contributed by atoms with Gasteiger partial charge < -0.3 is 19.2 Å². The number of aromatic nitrogens is 1. The van der Waals surface area contributed by atoms with Crippen LogP contribution in [-0.2, 0) is 11.3 Å². The van der Waals surface area contributed by atoms with Gasteiger partial charge in [0.05, 0.1) is 25.8 Å². The number of fused-ring (bicyclic) bond motifs is 3. The van der Waals surface area contributed by atoms with Crippen molar-refractivity contribution < 1.29 is 23.4 Å². The summed E-state index contributed by atoms with van der Waals surface area (Å²) < 4.78 is 33.2. The van der Waals surface area contributed by atoms with Crippen molar-refractivity contribution in [2.75, 3.05) is 32.4 Å². The first-order valence-electron chi connectivity index (χ1n) is 9.86. The Kier molecular flexibility index (Phi) is 6.45. The monoisotopic (exact) mass is 418 g/mol. The third-order valence-electron chi connectivity index (χ3n) is 5.11. The van der Waals surface area contributed by atoms with Crippen LogP contribution in [0, 0.1) is 5.82 Å². The standard InChI is InChI=1S/C22H27FN2O5/c1-13(2)24-11-15-9-19(30-8-6-7-28-4)18(29-5)10-16(15)21-20(23)22(27)17(14(3)26)12-25(21)24/h9-10,12-13H,6-8,11H2,1-5H3. The van der Waals surface area contributed by atoms with Gasteiger partial charge >= 0.3 is 0 Å². The van der Waals surface area contributed by atoms with E-state index in [9.17, 15) is 9.59 Å². The summed E-state index contributed by atoms with van der Waals surface area (Å²) >= 11 is 0. The van der Waals surface area contributed by atoms with Gasteiger partial charge in [0, 0.05) is 37.9 Å². The fourth-order valence-electron chi connectivity index (χ4n) is 3.56. The van der Waals surface area contributed by atoms with Crippen molar-refractivity contribution in [1.29, 1.82) is 0 Å². The molecular weight excluding hydrogens is 391 g/mol. The number of ketones is 1. The van der Waals surface area contributed by atoms with E-state index >= 15 is 4.39 Å². The molecule has 8 heteroatoms. The van der Waals surface area contributed by atoms with Crippen molar-refractivity contribution in [3.63, 3.8) is 0 Å². The smallest absolute Gasteiger partial charge is 0.228 e. The molecule has 0 atom stereocenters. The van der Waals surface area contributed by atoms with Crippen LogP contribution in [0.4, 0.5) is 4.39 Å². The van der Waals surface area contributed by atoms with Gasteiger partial charge in [0.1, 0.15) is 5.69 Å². The SMILES string of the molecule is COCCCOc1cc2c(cc1OC)-c1c(F)c(=O)c(C(C)=O)cn1N(C(C)C)C2. The first kappa shape index (κ1) is 21.8. The van der Waals surface area contributed by atoms with Crippen molar-refractivity contribution in [3.8, 4) is 22.8 Å². The highest BCUT2D eigenvalue weighted by atomic mass is 19.1. The highest BCUT2D eigenvalue weighted by Crippen LogP contribution is 2.39. The molecule has 0 bridgehead atoms. The van der Waals surface area contributed by atoms with Crippen LogP contribution >= 0.6 is 0 Å². The third-order valence-corrected chi connectivity index (χ3v) is 5.11. The van der Waals surface area contributed by atoms with Gasteiger partial charge in [-0.15, -0.1) is 0 Å². The summed E-state index contributed by atoms with van der Waals surface area (Å²) in [5, 5.41) is 1.90. The quantitative estimate of drug-likeness (QED) is 0.485. The van der Waals surface area contributed by atoms with Crippen LogP contribution in [0.5, 0.6) is 11.5 Å². The molecule has 3 rings (SSSR count). The molecule has 0 saturated carbocycles. The lowest BCUT2D eigenvalue weighted by Gasteiger charge is -2.38. The van der Waals surface area contributed by atoms with Crippen LogP contribution in [0.15, 0.2) is 23.1 Å². The summed E-state index contributed by atoms with van der Waals surface area (Å²) in [5.74, 6) is -0.433. The van der Waals surface area contributed by atoms with Crippen LogP contribution in [0.25, 0.3) is 11.3 Å². The van der Waals surface area contributed by atoms with E-state index in [2.05, 4.69) is 0 Å². The third kappa shape index (κ3) is 3.92. The molecule has 0 unspecified atom stereocenters. The van der Waals surface area contributed by atoms with Crippen LogP contribution in [0.2, 0.25) is 0 Å². The van der Waals surface area contributed by atoms with Crippen molar-refractivity contribution in [2.24, 2.45) is 0 Å². The molecule has 1 aliphatic rings. The summed E-state index contributed by atoms with van der Waals surface area (Å²) in [6.45, 7) is 6.67. The molecule has 1 aromatic carbocycles. The van der Waals surface area contributed by atoms with Crippen molar-refractivity contribution >= 4 is 5.78 Å². The lowest BCUT2D eigenvalue weighted by Crippen LogP contribution is -2.45. The van der Waals surface area contributed by atoms with Gasteiger partial charge in [-0.05, 0) is 38.5 Å². The predicted molar refractivity (Wildman–Crippen MR) is 112 cm³/mol. The minimum Gasteiger partial charge on any atom is -0.493 e. The van der Waals surface area contributed by atoms with E-state index in [1.807, 2.05) is 24.9 Å². The second kappa shape index (κ2) is 8.87. The van der Waals surface area contributed by atoms with E-state index < -0.39 is 17.0 Å². The van der Waals surface area contributed by atoms with Gasteiger partial charge in [0.2, 0.25) is 5.43 Å². The average Bonchev–Trinajstić information content (AvgIpc) is 2.71. The number of ether oxygens (including phenoxy) is 3. The zero-order valence-corrected chi connectivity index (χ0v) is 18.0. The summed E-state index contributed by atoms with van der Waals surface area (Å²) in [5.41, 5.74) is 0.390. The Bertz CT molecular complexity index is 1020. The number of hydrogen-bond acceptors (Lipinski definition) is 6. The Balaban J connectivity index is 2.17. The van der Waals surface area contributed by atoms with Crippen LogP contribution in [-0.4, -0.2) is 43.9 Å². The molecule has 0 spiro atoms. The normalized spacial score (nSPS) is 12.6. The zero-order valence-electron chi connectivity index (χ0n) is 18.0. The Hall–Kier alpha value is -2.87. The number of carbonyl (C=O) groups excluding carboxylic acids is 1. The zero-order chi connectivity index (χ0) is 22.0. The second-order valence-electron chi connectivity index (χ2n) is 7.48. The van der Waals surface area contributed by atoms with Gasteiger partial charge in [-0.3, -0.25) is 14.3 Å². The molecule has 0 amide bonds. The van der Waals surface area contributed by atoms with Crippen LogP contribution in [0.3, 0.4) is 0 Å².